The van der Waals surface area contributed by atoms with Crippen molar-refractivity contribution in [2.45, 2.75) is 26.5 Å². The molecule has 0 radical (unpaired) electrons. The summed E-state index contributed by atoms with van der Waals surface area (Å²) in [6.07, 6.45) is 4.63. The summed E-state index contributed by atoms with van der Waals surface area (Å²) in [4.78, 5) is 21.7. The van der Waals surface area contributed by atoms with E-state index in [4.69, 9.17) is 9.47 Å². The number of amides is 1. The van der Waals surface area contributed by atoms with Gasteiger partial charge in [-0.3, -0.25) is 4.79 Å². The molecule has 196 valence electrons. The average molecular weight is 538 g/mol. The molecule has 0 bridgehead atoms. The van der Waals surface area contributed by atoms with E-state index in [0.717, 1.165) is 58.2 Å². The number of aromatic nitrogens is 3. The molecule has 1 aliphatic heterocycles. The zero-order valence-corrected chi connectivity index (χ0v) is 22.4. The number of fused-ring (bicyclic) bond motifs is 2. The van der Waals surface area contributed by atoms with E-state index in [9.17, 15) is 4.79 Å². The number of thiazole rings is 1. The fourth-order valence-corrected chi connectivity index (χ4v) is 5.18. The minimum Gasteiger partial charge on any atom is -0.493 e. The van der Waals surface area contributed by atoms with Crippen LogP contribution in [0.3, 0.4) is 0 Å². The number of methoxy groups -OCH3 is 1. The van der Waals surface area contributed by atoms with Crippen molar-refractivity contribution in [2.24, 2.45) is 0 Å². The number of anilines is 3. The molecule has 2 aromatic heterocycles. The molecule has 0 fully saturated rings. The van der Waals surface area contributed by atoms with E-state index in [1.165, 1.54) is 11.3 Å². The van der Waals surface area contributed by atoms with Crippen molar-refractivity contribution in [1.82, 2.24) is 14.5 Å². The minimum absolute atomic E-state index is 0.145. The standard InChI is InChI=1S/C30H27N5O3S/c1-19-31-10-12-35(19)11-9-20-3-7-25-27(13-20)34-30(36)24-6-4-21(14-26(24)33-25)22-5-8-28(29(15-22)37-2)38-16-23-17-39-18-32-23/h3-8,10,12-15,17-18,33H,9,11,16H2,1-2H3,(H,34,36). The van der Waals surface area contributed by atoms with Crippen LogP contribution < -0.4 is 20.1 Å². The fraction of sp³-hybridized carbons (Fsp3) is 0.167. The molecular weight excluding hydrogens is 510 g/mol. The SMILES string of the molecule is COc1cc(-c2ccc3c(c2)Nc2ccc(CCn4ccnc4C)cc2NC3=O)ccc1OCc1cscn1. The maximum Gasteiger partial charge on any atom is 0.257 e. The topological polar surface area (TPSA) is 90.3 Å². The van der Waals surface area contributed by atoms with Crippen LogP contribution in [0.2, 0.25) is 0 Å². The van der Waals surface area contributed by atoms with E-state index in [-0.39, 0.29) is 5.91 Å². The third kappa shape index (κ3) is 5.21. The number of nitrogens with zero attached hydrogens (tertiary/aromatic N) is 3. The van der Waals surface area contributed by atoms with Crippen molar-refractivity contribution >= 4 is 34.3 Å². The Morgan fingerprint density at radius 3 is 2.59 bits per heavy atom. The van der Waals surface area contributed by atoms with E-state index in [0.29, 0.717) is 23.7 Å². The van der Waals surface area contributed by atoms with Crippen molar-refractivity contribution in [3.63, 3.8) is 0 Å². The Morgan fingerprint density at radius 2 is 1.79 bits per heavy atom. The molecule has 39 heavy (non-hydrogen) atoms. The monoisotopic (exact) mass is 537 g/mol. The first-order chi connectivity index (χ1) is 19.1. The lowest BCUT2D eigenvalue weighted by atomic mass is 10.0. The molecule has 3 aromatic carbocycles. The highest BCUT2D eigenvalue weighted by molar-refractivity contribution is 7.07. The minimum atomic E-state index is -0.145. The van der Waals surface area contributed by atoms with Gasteiger partial charge in [-0.2, -0.15) is 0 Å². The number of carbonyl (C=O) groups excluding carboxylic acids is 1. The number of benzene rings is 3. The van der Waals surface area contributed by atoms with Crippen LogP contribution in [0.1, 0.15) is 27.4 Å². The van der Waals surface area contributed by atoms with Crippen molar-refractivity contribution in [3.05, 3.63) is 101 Å². The summed E-state index contributed by atoms with van der Waals surface area (Å²) >= 11 is 1.54. The largest absolute Gasteiger partial charge is 0.493 e. The van der Waals surface area contributed by atoms with E-state index in [1.807, 2.05) is 73.2 Å². The molecule has 0 saturated carbocycles. The smallest absolute Gasteiger partial charge is 0.257 e. The predicted octanol–water partition coefficient (Wildman–Crippen LogP) is 6.45. The summed E-state index contributed by atoms with van der Waals surface area (Å²) in [6, 6.07) is 17.8. The van der Waals surface area contributed by atoms with E-state index < -0.39 is 0 Å². The molecule has 0 atom stereocenters. The lowest BCUT2D eigenvalue weighted by Crippen LogP contribution is -2.11. The van der Waals surface area contributed by atoms with E-state index >= 15 is 0 Å². The van der Waals surface area contributed by atoms with Gasteiger partial charge in [-0.05, 0) is 66.4 Å². The van der Waals surface area contributed by atoms with Gasteiger partial charge < -0.3 is 24.7 Å². The highest BCUT2D eigenvalue weighted by atomic mass is 32.1. The molecule has 0 spiro atoms. The number of aryl methyl sites for hydroxylation is 3. The number of hydrogen-bond acceptors (Lipinski definition) is 7. The Labute approximate surface area is 230 Å². The van der Waals surface area contributed by atoms with Gasteiger partial charge in [0.25, 0.3) is 5.91 Å². The number of nitrogens with one attached hydrogen (secondary N) is 2. The molecule has 2 N–H and O–H groups in total. The molecule has 9 heteroatoms. The van der Waals surface area contributed by atoms with Crippen LogP contribution in [0.5, 0.6) is 11.5 Å². The number of carbonyl (C=O) groups is 1. The Hall–Kier alpha value is -4.63. The summed E-state index contributed by atoms with van der Waals surface area (Å²) in [5, 5.41) is 8.50. The summed E-state index contributed by atoms with van der Waals surface area (Å²) in [5.74, 6) is 2.12. The molecular formula is C30H27N5O3S. The molecule has 0 aliphatic carbocycles. The number of ether oxygens (including phenoxy) is 2. The molecule has 1 aliphatic rings. The normalized spacial score (nSPS) is 12.1. The summed E-state index contributed by atoms with van der Waals surface area (Å²) in [6.45, 7) is 3.20. The van der Waals surface area contributed by atoms with Gasteiger partial charge in [-0.1, -0.05) is 18.2 Å². The van der Waals surface area contributed by atoms with Gasteiger partial charge >= 0.3 is 0 Å². The van der Waals surface area contributed by atoms with Crippen molar-refractivity contribution in [2.75, 3.05) is 17.7 Å². The number of hydrogen-bond donors (Lipinski definition) is 2. The maximum atomic E-state index is 13.1. The molecule has 3 heterocycles. The predicted molar refractivity (Wildman–Crippen MR) is 153 cm³/mol. The first kappa shape index (κ1) is 24.7. The van der Waals surface area contributed by atoms with Gasteiger partial charge in [-0.15, -0.1) is 11.3 Å². The summed E-state index contributed by atoms with van der Waals surface area (Å²) < 4.78 is 13.7. The van der Waals surface area contributed by atoms with Crippen LogP contribution in [0, 0.1) is 6.92 Å². The van der Waals surface area contributed by atoms with Crippen molar-refractivity contribution in [3.8, 4) is 22.6 Å². The third-order valence-corrected chi connectivity index (χ3v) is 7.42. The first-order valence-corrected chi connectivity index (χ1v) is 13.5. The van der Waals surface area contributed by atoms with Gasteiger partial charge in [0.15, 0.2) is 11.5 Å². The lowest BCUT2D eigenvalue weighted by molar-refractivity contribution is 0.102. The van der Waals surface area contributed by atoms with Crippen LogP contribution in [-0.2, 0) is 19.6 Å². The van der Waals surface area contributed by atoms with E-state index in [2.05, 4.69) is 31.2 Å². The average Bonchev–Trinajstić information content (AvgIpc) is 3.60. The van der Waals surface area contributed by atoms with Gasteiger partial charge in [-0.25, -0.2) is 9.97 Å². The maximum absolute atomic E-state index is 13.1. The van der Waals surface area contributed by atoms with Gasteiger partial charge in [0.05, 0.1) is 40.9 Å². The van der Waals surface area contributed by atoms with Crippen LogP contribution in [-0.4, -0.2) is 27.6 Å². The van der Waals surface area contributed by atoms with Gasteiger partial charge in [0.2, 0.25) is 0 Å². The Morgan fingerprint density at radius 1 is 0.923 bits per heavy atom. The number of rotatable bonds is 8. The van der Waals surface area contributed by atoms with E-state index in [1.54, 1.807) is 12.6 Å². The third-order valence-electron chi connectivity index (χ3n) is 6.79. The fourth-order valence-electron chi connectivity index (χ4n) is 4.64. The van der Waals surface area contributed by atoms with Crippen LogP contribution in [0.15, 0.2) is 77.9 Å². The lowest BCUT2D eigenvalue weighted by Gasteiger charge is -2.14. The second-order valence-electron chi connectivity index (χ2n) is 9.27. The molecule has 0 unspecified atom stereocenters. The molecule has 5 aromatic rings. The zero-order chi connectivity index (χ0) is 26.8. The highest BCUT2D eigenvalue weighted by Crippen LogP contribution is 2.37. The molecule has 0 saturated heterocycles. The molecule has 6 rings (SSSR count). The van der Waals surface area contributed by atoms with Crippen molar-refractivity contribution < 1.29 is 14.3 Å². The molecule has 1 amide bonds. The Kier molecular flexibility index (Phi) is 6.73. The van der Waals surface area contributed by atoms with Gasteiger partial charge in [0, 0.05) is 24.3 Å². The van der Waals surface area contributed by atoms with Crippen LogP contribution >= 0.6 is 11.3 Å². The zero-order valence-electron chi connectivity index (χ0n) is 21.6. The van der Waals surface area contributed by atoms with Gasteiger partial charge in [0.1, 0.15) is 12.4 Å². The quantitative estimate of drug-likeness (QED) is 0.236. The second-order valence-corrected chi connectivity index (χ2v) is 9.99. The van der Waals surface area contributed by atoms with Crippen LogP contribution in [0.4, 0.5) is 17.1 Å². The first-order valence-electron chi connectivity index (χ1n) is 12.6. The molecule has 8 nitrogen and oxygen atoms in total. The van der Waals surface area contributed by atoms with Crippen LogP contribution in [0.25, 0.3) is 11.1 Å². The Bertz CT molecular complexity index is 1640. The second kappa shape index (κ2) is 10.6. The highest BCUT2D eigenvalue weighted by Gasteiger charge is 2.20. The van der Waals surface area contributed by atoms with Crippen molar-refractivity contribution in [1.29, 1.82) is 0 Å². The number of imidazole rings is 1. The summed E-state index contributed by atoms with van der Waals surface area (Å²) in [5.41, 5.74) is 8.65. The summed E-state index contributed by atoms with van der Waals surface area (Å²) in [7, 11) is 1.62. The Balaban J connectivity index is 1.23.